The summed E-state index contributed by atoms with van der Waals surface area (Å²) < 4.78 is 7.67. The van der Waals surface area contributed by atoms with Gasteiger partial charge in [0.15, 0.2) is 5.41 Å². The molecule has 1 heterocycles. The van der Waals surface area contributed by atoms with Crippen molar-refractivity contribution in [2.75, 3.05) is 0 Å². The van der Waals surface area contributed by atoms with Crippen molar-refractivity contribution in [3.8, 4) is 0 Å². The van der Waals surface area contributed by atoms with Gasteiger partial charge in [0.1, 0.15) is 5.60 Å². The van der Waals surface area contributed by atoms with Crippen LogP contribution in [0.2, 0.25) is 0 Å². The van der Waals surface area contributed by atoms with Crippen molar-refractivity contribution in [2.45, 2.75) is 53.2 Å². The molecular formula is C18H29N3O8. The number of carboxylic acids is 2. The standard InChI is InChI=1S/C18H29N3O8/c1-10(2)8-11(12(22)23)18(13(24)25,14(26)29-17(3,4)5)9-21-15(27)19(6)20(7)16(21)28/h10-11H,8-9H2,1-7H3,(H,22,23)(H,24,25)/t11-,18?/m0/s1. The number of aromatic nitrogens is 3. The molecular weight excluding hydrogens is 386 g/mol. The van der Waals surface area contributed by atoms with Crippen molar-refractivity contribution in [2.24, 2.45) is 31.3 Å². The molecule has 2 atom stereocenters. The fraction of sp³-hybridized carbons (Fsp3) is 0.722. The highest BCUT2D eigenvalue weighted by atomic mass is 16.6. The number of carbonyl (C=O) groups excluding carboxylic acids is 1. The quantitative estimate of drug-likeness (QED) is 0.446. The van der Waals surface area contributed by atoms with E-state index < -0.39 is 52.8 Å². The number of aliphatic carboxylic acids is 2. The molecule has 0 spiro atoms. The minimum absolute atomic E-state index is 0.178. The molecule has 1 unspecified atom stereocenters. The van der Waals surface area contributed by atoms with Crippen LogP contribution in [-0.2, 0) is 39.8 Å². The topological polar surface area (TPSA) is 150 Å². The lowest BCUT2D eigenvalue weighted by atomic mass is 9.71. The first-order valence-electron chi connectivity index (χ1n) is 9.08. The molecule has 11 heteroatoms. The van der Waals surface area contributed by atoms with Gasteiger partial charge in [-0.2, -0.15) is 0 Å². The van der Waals surface area contributed by atoms with Gasteiger partial charge in [-0.15, -0.1) is 0 Å². The highest BCUT2D eigenvalue weighted by molar-refractivity contribution is 6.03. The van der Waals surface area contributed by atoms with Crippen LogP contribution in [0.1, 0.15) is 41.0 Å². The highest BCUT2D eigenvalue weighted by Gasteiger charge is 2.58. The van der Waals surface area contributed by atoms with Crippen LogP contribution in [0, 0.1) is 17.3 Å². The third-order valence-electron chi connectivity index (χ3n) is 4.62. The number of nitrogens with zero attached hydrogens (tertiary/aromatic N) is 3. The van der Waals surface area contributed by atoms with Crippen LogP contribution in [0.5, 0.6) is 0 Å². The summed E-state index contributed by atoms with van der Waals surface area (Å²) in [6.07, 6.45) is -0.178. The van der Waals surface area contributed by atoms with E-state index in [0.29, 0.717) is 4.57 Å². The maximum absolute atomic E-state index is 13.1. The molecule has 29 heavy (non-hydrogen) atoms. The molecule has 0 bridgehead atoms. The first-order valence-corrected chi connectivity index (χ1v) is 9.08. The third kappa shape index (κ3) is 4.77. The lowest BCUT2D eigenvalue weighted by molar-refractivity contribution is -0.188. The molecule has 0 aliphatic carbocycles. The number of hydrogen-bond donors (Lipinski definition) is 2. The predicted octanol–water partition coefficient (Wildman–Crippen LogP) is 0.0451. The Morgan fingerprint density at radius 3 is 1.76 bits per heavy atom. The molecule has 0 saturated carbocycles. The van der Waals surface area contributed by atoms with Crippen molar-refractivity contribution < 1.29 is 29.3 Å². The summed E-state index contributed by atoms with van der Waals surface area (Å²) in [6.45, 7) is 6.89. The van der Waals surface area contributed by atoms with E-state index in [2.05, 4.69) is 0 Å². The second-order valence-electron chi connectivity index (χ2n) is 8.50. The zero-order valence-corrected chi connectivity index (χ0v) is 17.8. The third-order valence-corrected chi connectivity index (χ3v) is 4.62. The zero-order valence-electron chi connectivity index (χ0n) is 17.8. The number of rotatable bonds is 8. The van der Waals surface area contributed by atoms with E-state index in [4.69, 9.17) is 4.74 Å². The smallest absolute Gasteiger partial charge is 0.346 e. The predicted molar refractivity (Wildman–Crippen MR) is 101 cm³/mol. The number of ether oxygens (including phenoxy) is 1. The van der Waals surface area contributed by atoms with Crippen molar-refractivity contribution in [1.29, 1.82) is 0 Å². The molecule has 1 rings (SSSR count). The second kappa shape index (κ2) is 8.26. The highest BCUT2D eigenvalue weighted by Crippen LogP contribution is 2.37. The molecule has 0 radical (unpaired) electrons. The van der Waals surface area contributed by atoms with Crippen LogP contribution in [-0.4, -0.2) is 47.7 Å². The molecule has 164 valence electrons. The van der Waals surface area contributed by atoms with Crippen LogP contribution >= 0.6 is 0 Å². The second-order valence-corrected chi connectivity index (χ2v) is 8.50. The summed E-state index contributed by atoms with van der Waals surface area (Å²) in [7, 11) is 2.58. The van der Waals surface area contributed by atoms with Gasteiger partial charge in [-0.25, -0.2) is 23.5 Å². The summed E-state index contributed by atoms with van der Waals surface area (Å²) >= 11 is 0. The molecule has 1 aromatic heterocycles. The maximum atomic E-state index is 13.1. The van der Waals surface area contributed by atoms with Gasteiger partial charge in [-0.1, -0.05) is 13.8 Å². The van der Waals surface area contributed by atoms with Crippen LogP contribution < -0.4 is 11.4 Å². The number of esters is 1. The van der Waals surface area contributed by atoms with E-state index in [-0.39, 0.29) is 12.3 Å². The van der Waals surface area contributed by atoms with Crippen LogP contribution in [0.15, 0.2) is 9.59 Å². The van der Waals surface area contributed by atoms with Crippen LogP contribution in [0.3, 0.4) is 0 Å². The largest absolute Gasteiger partial charge is 0.481 e. The van der Waals surface area contributed by atoms with E-state index in [1.54, 1.807) is 13.8 Å². The summed E-state index contributed by atoms with van der Waals surface area (Å²) in [6, 6.07) is 0. The van der Waals surface area contributed by atoms with Crippen LogP contribution in [0.25, 0.3) is 0 Å². The SMILES string of the molecule is CC(C)C[C@@H](C(=O)O)C(Cn1c(=O)n(C)n(C)c1=O)(C(=O)O)C(=O)OC(C)(C)C. The van der Waals surface area contributed by atoms with E-state index in [9.17, 15) is 34.2 Å². The Kier molecular flexibility index (Phi) is 6.89. The van der Waals surface area contributed by atoms with Gasteiger partial charge in [0.25, 0.3) is 0 Å². The Morgan fingerprint density at radius 1 is 1.00 bits per heavy atom. The number of hydrogen-bond acceptors (Lipinski definition) is 6. The minimum atomic E-state index is -2.68. The number of carbonyl (C=O) groups is 3. The van der Waals surface area contributed by atoms with Gasteiger partial charge in [0.2, 0.25) is 0 Å². The molecule has 1 aromatic rings. The molecule has 2 N–H and O–H groups in total. The van der Waals surface area contributed by atoms with Crippen molar-refractivity contribution in [3.63, 3.8) is 0 Å². The first kappa shape index (κ1) is 24.2. The maximum Gasteiger partial charge on any atom is 0.346 e. The molecule has 0 aliphatic rings. The fourth-order valence-corrected chi connectivity index (χ4v) is 3.05. The van der Waals surface area contributed by atoms with Gasteiger partial charge in [0.05, 0.1) is 12.5 Å². The Hall–Kier alpha value is -2.85. The van der Waals surface area contributed by atoms with Crippen LogP contribution in [0.4, 0.5) is 0 Å². The summed E-state index contributed by atoms with van der Waals surface area (Å²) in [5, 5.41) is 19.8. The normalized spacial score (nSPS) is 15.0. The minimum Gasteiger partial charge on any atom is -0.481 e. The molecule has 0 fully saturated rings. The molecule has 0 amide bonds. The first-order chi connectivity index (χ1) is 13.1. The van der Waals surface area contributed by atoms with Gasteiger partial charge in [-0.05, 0) is 33.1 Å². The van der Waals surface area contributed by atoms with Gasteiger partial charge in [-0.3, -0.25) is 14.4 Å². The Labute approximate surface area is 167 Å². The van der Waals surface area contributed by atoms with Crippen molar-refractivity contribution >= 4 is 17.9 Å². The van der Waals surface area contributed by atoms with E-state index >= 15 is 0 Å². The number of carboxylic acid groups (broad SMARTS) is 2. The van der Waals surface area contributed by atoms with Gasteiger partial charge in [0, 0.05) is 14.1 Å². The van der Waals surface area contributed by atoms with Crippen molar-refractivity contribution in [1.82, 2.24) is 13.9 Å². The molecule has 11 nitrogen and oxygen atoms in total. The Balaban J connectivity index is 3.83. The summed E-state index contributed by atoms with van der Waals surface area (Å²) in [5.41, 5.74) is -5.55. The van der Waals surface area contributed by atoms with E-state index in [1.165, 1.54) is 34.9 Å². The Morgan fingerprint density at radius 2 is 1.45 bits per heavy atom. The molecule has 0 aliphatic heterocycles. The lowest BCUT2D eigenvalue weighted by Crippen LogP contribution is -2.56. The van der Waals surface area contributed by atoms with E-state index in [0.717, 1.165) is 9.36 Å². The lowest BCUT2D eigenvalue weighted by Gasteiger charge is -2.35. The molecule has 0 saturated heterocycles. The monoisotopic (exact) mass is 415 g/mol. The fourth-order valence-electron chi connectivity index (χ4n) is 3.05. The average Bonchev–Trinajstić information content (AvgIpc) is 2.72. The van der Waals surface area contributed by atoms with Gasteiger partial charge < -0.3 is 14.9 Å². The zero-order chi connectivity index (χ0) is 22.9. The van der Waals surface area contributed by atoms with Gasteiger partial charge >= 0.3 is 29.3 Å². The van der Waals surface area contributed by atoms with E-state index in [1.807, 2.05) is 0 Å². The summed E-state index contributed by atoms with van der Waals surface area (Å²) in [5.74, 6) is -6.65. The summed E-state index contributed by atoms with van der Waals surface area (Å²) in [4.78, 5) is 62.4. The Bertz CT molecular complexity index is 882. The van der Waals surface area contributed by atoms with Crippen molar-refractivity contribution in [3.05, 3.63) is 21.0 Å². The molecule has 0 aromatic carbocycles. The average molecular weight is 415 g/mol.